The molecule has 69 heavy (non-hydrogen) atoms. The maximum absolute atomic E-state index is 14.9. The zero-order chi connectivity index (χ0) is 51.0. The molecule has 19 atom stereocenters. The van der Waals surface area contributed by atoms with E-state index in [0.29, 0.717) is 29.3 Å². The van der Waals surface area contributed by atoms with Crippen LogP contribution >= 0.6 is 0 Å². The number of aliphatic hydroxyl groups is 2. The number of carbonyl (C=O) groups excluding carboxylic acids is 3. The minimum absolute atomic E-state index is 0.0646. The summed E-state index contributed by atoms with van der Waals surface area (Å²) >= 11 is 0. The molecule has 6 rings (SSSR count). The third-order valence-corrected chi connectivity index (χ3v) is 15.8. The maximum Gasteiger partial charge on any atom is 0.338 e. The van der Waals surface area contributed by atoms with Gasteiger partial charge in [0.15, 0.2) is 18.7 Å². The lowest BCUT2D eigenvalue weighted by Gasteiger charge is -2.50. The SMILES string of the molecule is CC[C@H]1OC(=O)[C@H](C)[C@@H](OC2C[C@@](C)(OC)[C@@H](OC(C)=O)[C@H](C)O2)[C@@H](C)[C@@H](O[C@@H]2O[C@H](C)C[C@H](N(C)C)[C@H]2O)[C@](C)(OC)C[C@@H](C)C2OC2(C)[C@H](CCOC(=O)c2ccnc3ccccc23)[C@]1(C)O. The number of nitrogens with zero attached hydrogens (tertiary/aromatic N) is 2. The third kappa shape index (κ3) is 11.5. The van der Waals surface area contributed by atoms with Crippen LogP contribution in [0.2, 0.25) is 0 Å². The number of rotatable bonds is 13. The fraction of sp³-hybridized carbons (Fsp3) is 0.769. The number of esters is 3. The highest BCUT2D eigenvalue weighted by Crippen LogP contribution is 2.55. The van der Waals surface area contributed by atoms with Crippen LogP contribution in [-0.2, 0) is 57.0 Å². The molecule has 1 aromatic carbocycles. The van der Waals surface area contributed by atoms with Crippen LogP contribution in [-0.4, -0.2) is 163 Å². The molecular formula is C52H80N2O15. The molecule has 4 aliphatic heterocycles. The summed E-state index contributed by atoms with van der Waals surface area (Å²) in [5.74, 6) is -4.30. The van der Waals surface area contributed by atoms with Crippen LogP contribution in [0, 0.1) is 23.7 Å². The second-order valence-electron chi connectivity index (χ2n) is 21.2. The lowest BCUT2D eigenvalue weighted by molar-refractivity contribution is -0.320. The van der Waals surface area contributed by atoms with Gasteiger partial charge in [0, 0.05) is 57.0 Å². The molecule has 0 aliphatic carbocycles. The Morgan fingerprint density at radius 3 is 2.23 bits per heavy atom. The van der Waals surface area contributed by atoms with Gasteiger partial charge in [0.1, 0.15) is 23.4 Å². The predicted molar refractivity (Wildman–Crippen MR) is 254 cm³/mol. The first kappa shape index (κ1) is 55.0. The highest BCUT2D eigenvalue weighted by molar-refractivity contribution is 6.03. The molecule has 0 bridgehead atoms. The molecule has 1 aromatic heterocycles. The standard InChI is InChI=1S/C52H80N2O15/c1-16-39-51(10,59)38(22-24-62-47(58)35-21-23-53-36-20-18-17-19-34(35)36)52(11)43(69-52)28(2)26-49(8,60-14)44(68-48-41(56)37(54(12)13)25-29(3)63-48)30(4)42(31(5)46(57)66-39)67-40-27-50(9,61-15)45(32(6)64-40)65-33(7)55/h17-21,23,28-32,37-45,48,56,59H,16,22,24-27H2,1-15H3/t28-,29-,30-,31-,32+,37+,38-,39-,40?,41-,42+,43?,44-,45+,48+,49-,50-,51+,52?/m1/s1. The van der Waals surface area contributed by atoms with Gasteiger partial charge in [-0.05, 0) is 106 Å². The molecule has 0 radical (unpaired) electrons. The quantitative estimate of drug-likeness (QED) is 0.134. The third-order valence-electron chi connectivity index (χ3n) is 15.8. The Hall–Kier alpha value is -3.36. The summed E-state index contributed by atoms with van der Waals surface area (Å²) in [6.45, 7) is 19.9. The van der Waals surface area contributed by atoms with Crippen molar-refractivity contribution in [1.82, 2.24) is 9.88 Å². The molecule has 0 spiro atoms. The van der Waals surface area contributed by atoms with E-state index in [1.54, 1.807) is 40.1 Å². The van der Waals surface area contributed by atoms with Crippen molar-refractivity contribution in [3.8, 4) is 0 Å². The zero-order valence-electron chi connectivity index (χ0n) is 43.5. The smallest absolute Gasteiger partial charge is 0.338 e. The van der Waals surface area contributed by atoms with Gasteiger partial charge >= 0.3 is 17.9 Å². The van der Waals surface area contributed by atoms with Gasteiger partial charge in [-0.3, -0.25) is 14.6 Å². The number of benzene rings is 1. The Morgan fingerprint density at radius 2 is 1.59 bits per heavy atom. The number of epoxide rings is 1. The average Bonchev–Trinajstić information content (AvgIpc) is 4.00. The molecule has 17 heteroatoms. The van der Waals surface area contributed by atoms with Crippen molar-refractivity contribution in [2.45, 2.75) is 198 Å². The number of carbonyl (C=O) groups is 3. The molecule has 4 fully saturated rings. The van der Waals surface area contributed by atoms with Crippen molar-refractivity contribution < 1.29 is 72.0 Å². The molecule has 3 unspecified atom stereocenters. The first-order valence-electron chi connectivity index (χ1n) is 24.7. The normalized spacial score (nSPS) is 42.2. The summed E-state index contributed by atoms with van der Waals surface area (Å²) in [7, 11) is 6.95. The molecule has 2 aromatic rings. The van der Waals surface area contributed by atoms with Crippen LogP contribution in [0.4, 0.5) is 0 Å². The highest BCUT2D eigenvalue weighted by Gasteiger charge is 2.66. The summed E-state index contributed by atoms with van der Waals surface area (Å²) in [6, 6.07) is 8.67. The maximum atomic E-state index is 14.9. The van der Waals surface area contributed by atoms with Crippen LogP contribution in [0.25, 0.3) is 10.9 Å². The molecule has 4 aliphatic rings. The van der Waals surface area contributed by atoms with Crippen LogP contribution in [0.1, 0.15) is 119 Å². The summed E-state index contributed by atoms with van der Waals surface area (Å²) in [5, 5.41) is 25.4. The van der Waals surface area contributed by atoms with Crippen molar-refractivity contribution >= 4 is 28.8 Å². The summed E-state index contributed by atoms with van der Waals surface area (Å²) < 4.78 is 64.2. The van der Waals surface area contributed by atoms with Crippen molar-refractivity contribution in [3.05, 3.63) is 42.1 Å². The van der Waals surface area contributed by atoms with Crippen LogP contribution < -0.4 is 0 Å². The van der Waals surface area contributed by atoms with E-state index in [-0.39, 0.29) is 43.9 Å². The molecule has 5 heterocycles. The van der Waals surface area contributed by atoms with Gasteiger partial charge in [0.2, 0.25) is 0 Å². The van der Waals surface area contributed by atoms with Crippen molar-refractivity contribution in [2.75, 3.05) is 34.9 Å². The number of likely N-dealkylation sites (N-methyl/N-ethyl adjacent to an activating group) is 1. The molecule has 4 saturated heterocycles. The molecule has 0 amide bonds. The Kier molecular flexibility index (Phi) is 17.3. The molecule has 2 N–H and O–H groups in total. The van der Waals surface area contributed by atoms with Crippen molar-refractivity contribution in [2.24, 2.45) is 23.7 Å². The van der Waals surface area contributed by atoms with Crippen LogP contribution in [0.5, 0.6) is 0 Å². The van der Waals surface area contributed by atoms with E-state index in [1.807, 2.05) is 84.8 Å². The molecule has 0 saturated carbocycles. The van der Waals surface area contributed by atoms with Crippen molar-refractivity contribution in [1.29, 1.82) is 0 Å². The lowest BCUT2D eigenvalue weighted by atomic mass is 9.69. The second kappa shape index (κ2) is 21.8. The minimum Gasteiger partial charge on any atom is -0.462 e. The zero-order valence-corrected chi connectivity index (χ0v) is 43.5. The topological polar surface area (TPSA) is 203 Å². The number of ether oxygens (including phenoxy) is 10. The summed E-state index contributed by atoms with van der Waals surface area (Å²) in [5.41, 5.74) is -3.80. The van der Waals surface area contributed by atoms with Gasteiger partial charge in [0.05, 0.1) is 65.3 Å². The number of fused-ring (bicyclic) bond motifs is 2. The van der Waals surface area contributed by atoms with Gasteiger partial charge in [-0.1, -0.05) is 39.0 Å². The van der Waals surface area contributed by atoms with E-state index in [1.165, 1.54) is 14.0 Å². The number of cyclic esters (lactones) is 1. The second-order valence-corrected chi connectivity index (χ2v) is 21.2. The Morgan fingerprint density at radius 1 is 0.928 bits per heavy atom. The summed E-state index contributed by atoms with van der Waals surface area (Å²) in [6.07, 6.45) is -5.13. The van der Waals surface area contributed by atoms with E-state index in [2.05, 4.69) is 11.9 Å². The van der Waals surface area contributed by atoms with E-state index >= 15 is 0 Å². The van der Waals surface area contributed by atoms with Gasteiger partial charge in [-0.15, -0.1) is 0 Å². The van der Waals surface area contributed by atoms with Crippen molar-refractivity contribution in [3.63, 3.8) is 0 Å². The fourth-order valence-electron chi connectivity index (χ4n) is 11.9. The van der Waals surface area contributed by atoms with Crippen LogP contribution in [0.15, 0.2) is 36.5 Å². The van der Waals surface area contributed by atoms with Gasteiger partial charge < -0.3 is 62.5 Å². The largest absolute Gasteiger partial charge is 0.462 e. The fourth-order valence-corrected chi connectivity index (χ4v) is 11.9. The van der Waals surface area contributed by atoms with E-state index in [4.69, 9.17) is 47.4 Å². The summed E-state index contributed by atoms with van der Waals surface area (Å²) in [4.78, 5) is 47.1. The lowest BCUT2D eigenvalue weighted by Crippen LogP contribution is -2.61. The number of hydrogen-bond acceptors (Lipinski definition) is 17. The van der Waals surface area contributed by atoms with Gasteiger partial charge in [-0.25, -0.2) is 4.79 Å². The molecule has 17 nitrogen and oxygen atoms in total. The minimum atomic E-state index is -1.69. The Bertz CT molecular complexity index is 2080. The van der Waals surface area contributed by atoms with Crippen LogP contribution in [0.3, 0.4) is 0 Å². The van der Waals surface area contributed by atoms with Gasteiger partial charge in [-0.2, -0.15) is 0 Å². The molecular weight excluding hydrogens is 893 g/mol. The molecule has 388 valence electrons. The number of hydrogen-bond donors (Lipinski definition) is 2. The number of pyridine rings is 1. The monoisotopic (exact) mass is 973 g/mol. The highest BCUT2D eigenvalue weighted by atomic mass is 16.7. The first-order chi connectivity index (χ1) is 32.3. The Labute approximate surface area is 408 Å². The first-order valence-corrected chi connectivity index (χ1v) is 24.7. The van der Waals surface area contributed by atoms with Gasteiger partial charge in [0.25, 0.3) is 0 Å². The number of aromatic nitrogens is 1. The average molecular weight is 973 g/mol. The van der Waals surface area contributed by atoms with E-state index in [9.17, 15) is 24.6 Å². The predicted octanol–water partition coefficient (Wildman–Crippen LogP) is 6.01. The van der Waals surface area contributed by atoms with E-state index < -0.39 is 113 Å². The number of methoxy groups -OCH3 is 2. The Balaban J connectivity index is 1.39. The number of aliphatic hydroxyl groups excluding tert-OH is 1. The van der Waals surface area contributed by atoms with E-state index in [0.717, 1.165) is 0 Å². The number of para-hydroxylation sites is 1.